The Labute approximate surface area is 89.2 Å². The molecule has 0 radical (unpaired) electrons. The van der Waals surface area contributed by atoms with Gasteiger partial charge in [0.25, 0.3) is 0 Å². The molecule has 0 N–H and O–H groups in total. The summed E-state index contributed by atoms with van der Waals surface area (Å²) in [4.78, 5) is 12.2. The van der Waals surface area contributed by atoms with E-state index >= 15 is 0 Å². The molecule has 0 amide bonds. The highest BCUT2D eigenvalue weighted by molar-refractivity contribution is 5.96. The van der Waals surface area contributed by atoms with Gasteiger partial charge in [-0.1, -0.05) is 0 Å². The average Bonchev–Trinajstić information content (AvgIpc) is 2.84. The van der Waals surface area contributed by atoms with Crippen LogP contribution in [0.1, 0.15) is 30.8 Å². The highest BCUT2D eigenvalue weighted by Gasteiger charge is 2.32. The molecule has 4 heteroatoms. The van der Waals surface area contributed by atoms with E-state index in [-0.39, 0.29) is 17.8 Å². The minimum Gasteiger partial charge on any atom is -0.378 e. The first kappa shape index (κ1) is 10.4. The summed E-state index contributed by atoms with van der Waals surface area (Å²) in [5.41, 5.74) is 0.708. The van der Waals surface area contributed by atoms with Crippen molar-refractivity contribution in [2.45, 2.75) is 32.9 Å². The first-order valence-electron chi connectivity index (χ1n) is 5.41. The van der Waals surface area contributed by atoms with Gasteiger partial charge in [-0.2, -0.15) is 5.10 Å². The van der Waals surface area contributed by atoms with Crippen LogP contribution in [-0.2, 0) is 11.3 Å². The molecule has 2 rings (SSSR count). The van der Waals surface area contributed by atoms with Crippen molar-refractivity contribution in [1.29, 1.82) is 0 Å². The number of aryl methyl sites for hydroxylation is 1. The molecular weight excluding hydrogens is 192 g/mol. The molecule has 0 saturated carbocycles. The number of ketones is 1. The van der Waals surface area contributed by atoms with Crippen molar-refractivity contribution in [3.05, 3.63) is 18.0 Å². The van der Waals surface area contributed by atoms with E-state index < -0.39 is 0 Å². The largest absolute Gasteiger partial charge is 0.378 e. The molecule has 1 aromatic heterocycles. The van der Waals surface area contributed by atoms with Gasteiger partial charge in [-0.05, 0) is 26.3 Å². The first-order chi connectivity index (χ1) is 7.24. The SMILES string of the molecule is CCn1nccc1C(=O)C1CCOC1C. The fraction of sp³-hybridized carbons (Fsp3) is 0.636. The summed E-state index contributed by atoms with van der Waals surface area (Å²) in [7, 11) is 0. The van der Waals surface area contributed by atoms with Crippen LogP contribution in [0.5, 0.6) is 0 Å². The molecule has 1 fully saturated rings. The summed E-state index contributed by atoms with van der Waals surface area (Å²) in [5, 5.41) is 4.11. The monoisotopic (exact) mass is 208 g/mol. The molecule has 0 aliphatic carbocycles. The summed E-state index contributed by atoms with van der Waals surface area (Å²) in [5.74, 6) is 0.173. The maximum absolute atomic E-state index is 12.2. The van der Waals surface area contributed by atoms with E-state index in [0.29, 0.717) is 12.3 Å². The Kier molecular flexibility index (Phi) is 2.86. The average molecular weight is 208 g/mol. The lowest BCUT2D eigenvalue weighted by molar-refractivity contribution is 0.0755. The van der Waals surface area contributed by atoms with Crippen LogP contribution in [-0.4, -0.2) is 28.3 Å². The third-order valence-electron chi connectivity index (χ3n) is 2.98. The van der Waals surface area contributed by atoms with E-state index in [4.69, 9.17) is 4.74 Å². The van der Waals surface area contributed by atoms with E-state index in [1.165, 1.54) is 0 Å². The Bertz CT molecular complexity index is 359. The zero-order chi connectivity index (χ0) is 10.8. The van der Waals surface area contributed by atoms with Crippen LogP contribution in [0, 0.1) is 5.92 Å². The summed E-state index contributed by atoms with van der Waals surface area (Å²) >= 11 is 0. The van der Waals surface area contributed by atoms with E-state index in [2.05, 4.69) is 5.10 Å². The van der Waals surface area contributed by atoms with Gasteiger partial charge >= 0.3 is 0 Å². The second-order valence-electron chi connectivity index (χ2n) is 3.87. The maximum Gasteiger partial charge on any atom is 0.186 e. The van der Waals surface area contributed by atoms with Gasteiger partial charge in [0.05, 0.1) is 12.0 Å². The predicted molar refractivity (Wildman–Crippen MR) is 55.8 cm³/mol. The highest BCUT2D eigenvalue weighted by atomic mass is 16.5. The fourth-order valence-corrected chi connectivity index (χ4v) is 2.06. The standard InChI is InChI=1S/C11H16N2O2/c1-3-13-10(4-6-12-13)11(14)9-5-7-15-8(9)2/h4,6,8-9H,3,5,7H2,1-2H3. The van der Waals surface area contributed by atoms with E-state index in [0.717, 1.165) is 13.0 Å². The lowest BCUT2D eigenvalue weighted by Crippen LogP contribution is -2.24. The molecule has 15 heavy (non-hydrogen) atoms. The van der Waals surface area contributed by atoms with Crippen molar-refractivity contribution in [3.8, 4) is 0 Å². The second-order valence-corrected chi connectivity index (χ2v) is 3.87. The molecular formula is C11H16N2O2. The van der Waals surface area contributed by atoms with Crippen LogP contribution in [0.25, 0.3) is 0 Å². The quantitative estimate of drug-likeness (QED) is 0.707. The van der Waals surface area contributed by atoms with Gasteiger partial charge in [0.15, 0.2) is 5.78 Å². The van der Waals surface area contributed by atoms with Crippen molar-refractivity contribution in [1.82, 2.24) is 9.78 Å². The molecule has 82 valence electrons. The Balaban J connectivity index is 2.20. The third-order valence-corrected chi connectivity index (χ3v) is 2.98. The van der Waals surface area contributed by atoms with Gasteiger partial charge in [0, 0.05) is 19.3 Å². The van der Waals surface area contributed by atoms with E-state index in [1.54, 1.807) is 16.9 Å². The minimum absolute atomic E-state index is 0.00648. The van der Waals surface area contributed by atoms with Gasteiger partial charge in [-0.15, -0.1) is 0 Å². The molecule has 0 bridgehead atoms. The summed E-state index contributed by atoms with van der Waals surface area (Å²) < 4.78 is 7.15. The number of carbonyl (C=O) groups excluding carboxylic acids is 1. The molecule has 2 heterocycles. The summed E-state index contributed by atoms with van der Waals surface area (Å²) in [6, 6.07) is 1.79. The molecule has 1 aromatic rings. The topological polar surface area (TPSA) is 44.1 Å². The summed E-state index contributed by atoms with van der Waals surface area (Å²) in [6.45, 7) is 5.37. The first-order valence-corrected chi connectivity index (χ1v) is 5.41. The van der Waals surface area contributed by atoms with Crippen molar-refractivity contribution in [2.24, 2.45) is 5.92 Å². The maximum atomic E-state index is 12.2. The number of ether oxygens (including phenoxy) is 1. The van der Waals surface area contributed by atoms with Gasteiger partial charge < -0.3 is 4.74 Å². The van der Waals surface area contributed by atoms with Crippen LogP contribution < -0.4 is 0 Å². The number of Topliss-reactive ketones (excluding diaryl/α,β-unsaturated/α-hetero) is 1. The van der Waals surface area contributed by atoms with E-state index in [9.17, 15) is 4.79 Å². The van der Waals surface area contributed by atoms with Crippen molar-refractivity contribution in [2.75, 3.05) is 6.61 Å². The zero-order valence-corrected chi connectivity index (χ0v) is 9.14. The Morgan fingerprint density at radius 3 is 3.13 bits per heavy atom. The van der Waals surface area contributed by atoms with Crippen molar-refractivity contribution in [3.63, 3.8) is 0 Å². The Morgan fingerprint density at radius 1 is 1.73 bits per heavy atom. The predicted octanol–water partition coefficient (Wildman–Crippen LogP) is 1.51. The number of nitrogens with zero attached hydrogens (tertiary/aromatic N) is 2. The number of aromatic nitrogens is 2. The van der Waals surface area contributed by atoms with Crippen LogP contribution in [0.4, 0.5) is 0 Å². The molecule has 4 nitrogen and oxygen atoms in total. The lowest BCUT2D eigenvalue weighted by atomic mass is 9.95. The highest BCUT2D eigenvalue weighted by Crippen LogP contribution is 2.24. The number of rotatable bonds is 3. The van der Waals surface area contributed by atoms with Crippen LogP contribution in [0.3, 0.4) is 0 Å². The lowest BCUT2D eigenvalue weighted by Gasteiger charge is -2.13. The van der Waals surface area contributed by atoms with Crippen molar-refractivity contribution >= 4 is 5.78 Å². The van der Waals surface area contributed by atoms with Crippen LogP contribution in [0.2, 0.25) is 0 Å². The smallest absolute Gasteiger partial charge is 0.186 e. The zero-order valence-electron chi connectivity index (χ0n) is 9.14. The molecule has 0 aromatic carbocycles. The van der Waals surface area contributed by atoms with Crippen LogP contribution >= 0.6 is 0 Å². The third kappa shape index (κ3) is 1.81. The minimum atomic E-state index is 0.00648. The number of hydrogen-bond acceptors (Lipinski definition) is 3. The molecule has 2 atom stereocenters. The number of carbonyl (C=O) groups is 1. The van der Waals surface area contributed by atoms with Gasteiger partial charge in [-0.3, -0.25) is 9.48 Å². The number of hydrogen-bond donors (Lipinski definition) is 0. The molecule has 1 saturated heterocycles. The molecule has 1 aliphatic rings. The van der Waals surface area contributed by atoms with Crippen molar-refractivity contribution < 1.29 is 9.53 Å². The van der Waals surface area contributed by atoms with Crippen LogP contribution in [0.15, 0.2) is 12.3 Å². The van der Waals surface area contributed by atoms with Gasteiger partial charge in [0.2, 0.25) is 0 Å². The fourth-order valence-electron chi connectivity index (χ4n) is 2.06. The normalized spacial score (nSPS) is 25.7. The second kappa shape index (κ2) is 4.14. The molecule has 1 aliphatic heterocycles. The van der Waals surface area contributed by atoms with Gasteiger partial charge in [0.1, 0.15) is 5.69 Å². The molecule has 2 unspecified atom stereocenters. The van der Waals surface area contributed by atoms with Gasteiger partial charge in [-0.25, -0.2) is 0 Å². The molecule has 0 spiro atoms. The Hall–Kier alpha value is -1.16. The Morgan fingerprint density at radius 2 is 2.53 bits per heavy atom. The summed E-state index contributed by atoms with van der Waals surface area (Å²) in [6.07, 6.45) is 2.55. The van der Waals surface area contributed by atoms with E-state index in [1.807, 2.05) is 13.8 Å².